The largest absolute Gasteiger partial charge is 0.377 e. The summed E-state index contributed by atoms with van der Waals surface area (Å²) < 4.78 is 5.64. The predicted molar refractivity (Wildman–Crippen MR) is 124 cm³/mol. The molecule has 0 spiro atoms. The first-order chi connectivity index (χ1) is 15.6. The van der Waals surface area contributed by atoms with Crippen molar-refractivity contribution in [1.82, 2.24) is 20.2 Å². The van der Waals surface area contributed by atoms with Gasteiger partial charge in [-0.1, -0.05) is 18.2 Å². The van der Waals surface area contributed by atoms with Gasteiger partial charge in [-0.25, -0.2) is 4.98 Å². The Morgan fingerprint density at radius 1 is 1.19 bits per heavy atom. The van der Waals surface area contributed by atoms with E-state index in [0.29, 0.717) is 13.2 Å². The standard InChI is InChI=1S/C24H24N6O2/c1-15-14-32-12-11-30(15)22-13-19(17-5-3-4-6-20(17)27-16(2)31)18-7-9-25-24(23(18)28-22)21-8-10-26-29-21/h3-10,13,15H,11-12,14H2,1-2H3,(H,26,29)(H,27,31). The van der Waals surface area contributed by atoms with E-state index in [1.165, 1.54) is 6.92 Å². The van der Waals surface area contributed by atoms with Crippen LogP contribution in [0.15, 0.2) is 54.9 Å². The van der Waals surface area contributed by atoms with Gasteiger partial charge in [0.05, 0.1) is 24.9 Å². The maximum Gasteiger partial charge on any atom is 0.221 e. The lowest BCUT2D eigenvalue weighted by Crippen LogP contribution is -2.44. The molecule has 0 radical (unpaired) electrons. The summed E-state index contributed by atoms with van der Waals surface area (Å²) in [6.45, 7) is 5.71. The summed E-state index contributed by atoms with van der Waals surface area (Å²) in [6, 6.07) is 14.0. The summed E-state index contributed by atoms with van der Waals surface area (Å²) in [5.41, 5.74) is 4.99. The molecule has 8 heteroatoms. The Hall–Kier alpha value is -3.78. The molecule has 3 aromatic heterocycles. The third-order valence-corrected chi connectivity index (χ3v) is 5.66. The molecule has 1 fully saturated rings. The maximum absolute atomic E-state index is 11.9. The van der Waals surface area contributed by atoms with E-state index < -0.39 is 0 Å². The molecule has 0 aliphatic carbocycles. The lowest BCUT2D eigenvalue weighted by molar-refractivity contribution is -0.114. The molecule has 2 N–H and O–H groups in total. The molecule has 4 aromatic rings. The number of nitrogens with zero attached hydrogens (tertiary/aromatic N) is 4. The number of benzene rings is 1. The molecule has 1 aliphatic heterocycles. The van der Waals surface area contributed by atoms with Crippen LogP contribution in [0.4, 0.5) is 11.5 Å². The van der Waals surface area contributed by atoms with Crippen LogP contribution in [0.2, 0.25) is 0 Å². The van der Waals surface area contributed by atoms with E-state index in [4.69, 9.17) is 9.72 Å². The minimum absolute atomic E-state index is 0.113. The van der Waals surface area contributed by atoms with Gasteiger partial charge in [0.2, 0.25) is 5.91 Å². The highest BCUT2D eigenvalue weighted by atomic mass is 16.5. The average Bonchev–Trinajstić information content (AvgIpc) is 3.33. The fourth-order valence-corrected chi connectivity index (χ4v) is 4.18. The number of aromatic nitrogens is 4. The third-order valence-electron chi connectivity index (χ3n) is 5.66. The molecule has 5 rings (SSSR count). The number of hydrogen-bond donors (Lipinski definition) is 2. The molecule has 32 heavy (non-hydrogen) atoms. The molecule has 1 amide bonds. The zero-order chi connectivity index (χ0) is 22.1. The molecule has 162 valence electrons. The van der Waals surface area contributed by atoms with Crippen LogP contribution in [0.1, 0.15) is 13.8 Å². The van der Waals surface area contributed by atoms with Gasteiger partial charge < -0.3 is 15.0 Å². The summed E-state index contributed by atoms with van der Waals surface area (Å²) in [7, 11) is 0. The van der Waals surface area contributed by atoms with Crippen LogP contribution in [0.25, 0.3) is 33.4 Å². The quantitative estimate of drug-likeness (QED) is 0.512. The second kappa shape index (κ2) is 8.39. The van der Waals surface area contributed by atoms with E-state index >= 15 is 0 Å². The van der Waals surface area contributed by atoms with Crippen LogP contribution in [0, 0.1) is 0 Å². The summed E-state index contributed by atoms with van der Waals surface area (Å²) in [5.74, 6) is 0.743. The molecular weight excluding hydrogens is 404 g/mol. The first kappa shape index (κ1) is 20.1. The number of para-hydroxylation sites is 1. The second-order valence-electron chi connectivity index (χ2n) is 7.90. The van der Waals surface area contributed by atoms with E-state index in [1.807, 2.05) is 36.4 Å². The Bertz CT molecular complexity index is 1270. The van der Waals surface area contributed by atoms with Crippen molar-refractivity contribution >= 4 is 28.3 Å². The van der Waals surface area contributed by atoms with Gasteiger partial charge in [0.15, 0.2) is 0 Å². The topological polar surface area (TPSA) is 96.0 Å². The van der Waals surface area contributed by atoms with Crippen molar-refractivity contribution < 1.29 is 9.53 Å². The van der Waals surface area contributed by atoms with Gasteiger partial charge >= 0.3 is 0 Å². The molecule has 1 aliphatic rings. The lowest BCUT2D eigenvalue weighted by Gasteiger charge is -2.34. The van der Waals surface area contributed by atoms with Crippen molar-refractivity contribution in [2.24, 2.45) is 0 Å². The zero-order valence-corrected chi connectivity index (χ0v) is 18.0. The highest BCUT2D eigenvalue weighted by Gasteiger charge is 2.23. The number of aromatic amines is 1. The first-order valence-corrected chi connectivity index (χ1v) is 10.6. The Morgan fingerprint density at radius 3 is 2.84 bits per heavy atom. The molecule has 1 atom stereocenters. The first-order valence-electron chi connectivity index (χ1n) is 10.6. The van der Waals surface area contributed by atoms with E-state index in [-0.39, 0.29) is 11.9 Å². The number of H-pyrrole nitrogens is 1. The monoisotopic (exact) mass is 428 g/mol. The number of hydrogen-bond acceptors (Lipinski definition) is 6. The maximum atomic E-state index is 11.9. The molecule has 1 aromatic carbocycles. The van der Waals surface area contributed by atoms with Gasteiger partial charge in [0.25, 0.3) is 0 Å². The number of carbonyl (C=O) groups is 1. The Kier molecular flexibility index (Phi) is 5.28. The van der Waals surface area contributed by atoms with Gasteiger partial charge in [-0.3, -0.25) is 14.9 Å². The predicted octanol–water partition coefficient (Wildman–Crippen LogP) is 3.87. The molecule has 0 saturated carbocycles. The number of morpholine rings is 1. The van der Waals surface area contributed by atoms with Crippen molar-refractivity contribution in [1.29, 1.82) is 0 Å². The molecule has 8 nitrogen and oxygen atoms in total. The second-order valence-corrected chi connectivity index (χ2v) is 7.90. The van der Waals surface area contributed by atoms with E-state index in [2.05, 4.69) is 38.4 Å². The third kappa shape index (κ3) is 3.69. The van der Waals surface area contributed by atoms with E-state index in [9.17, 15) is 4.79 Å². The van der Waals surface area contributed by atoms with Crippen LogP contribution in [0.3, 0.4) is 0 Å². The highest BCUT2D eigenvalue weighted by molar-refractivity contribution is 6.05. The van der Waals surface area contributed by atoms with Crippen LogP contribution in [-0.4, -0.2) is 51.9 Å². The van der Waals surface area contributed by atoms with Crippen molar-refractivity contribution in [2.45, 2.75) is 19.9 Å². The average molecular weight is 428 g/mol. The van der Waals surface area contributed by atoms with Gasteiger partial charge in [0, 0.05) is 42.5 Å². The summed E-state index contributed by atoms with van der Waals surface area (Å²) in [5, 5.41) is 11.0. The van der Waals surface area contributed by atoms with Gasteiger partial charge in [-0.05, 0) is 36.8 Å². The number of carbonyl (C=O) groups excluding carboxylic acids is 1. The Labute approximate surface area is 185 Å². The number of amides is 1. The minimum Gasteiger partial charge on any atom is -0.377 e. The van der Waals surface area contributed by atoms with Crippen LogP contribution in [0.5, 0.6) is 0 Å². The number of nitrogens with one attached hydrogen (secondary N) is 2. The van der Waals surface area contributed by atoms with Crippen LogP contribution >= 0.6 is 0 Å². The Morgan fingerprint density at radius 2 is 2.06 bits per heavy atom. The summed E-state index contributed by atoms with van der Waals surface area (Å²) in [6.07, 6.45) is 3.48. The Balaban J connectivity index is 1.79. The number of pyridine rings is 2. The normalized spacial score (nSPS) is 16.3. The molecular formula is C24H24N6O2. The number of ether oxygens (including phenoxy) is 1. The fourth-order valence-electron chi connectivity index (χ4n) is 4.18. The highest BCUT2D eigenvalue weighted by Crippen LogP contribution is 2.38. The van der Waals surface area contributed by atoms with Gasteiger partial charge in [-0.2, -0.15) is 5.10 Å². The van der Waals surface area contributed by atoms with Crippen LogP contribution in [-0.2, 0) is 9.53 Å². The molecule has 4 heterocycles. The summed E-state index contributed by atoms with van der Waals surface area (Å²) in [4.78, 5) is 23.8. The number of anilines is 2. The van der Waals surface area contributed by atoms with Gasteiger partial charge in [-0.15, -0.1) is 0 Å². The molecule has 1 saturated heterocycles. The van der Waals surface area contributed by atoms with Gasteiger partial charge in [0.1, 0.15) is 17.0 Å². The summed E-state index contributed by atoms with van der Waals surface area (Å²) >= 11 is 0. The fraction of sp³-hybridized carbons (Fsp3) is 0.250. The smallest absolute Gasteiger partial charge is 0.221 e. The van der Waals surface area contributed by atoms with Crippen molar-refractivity contribution in [3.05, 3.63) is 54.9 Å². The molecule has 0 bridgehead atoms. The number of rotatable bonds is 4. The minimum atomic E-state index is -0.113. The zero-order valence-electron chi connectivity index (χ0n) is 18.0. The van der Waals surface area contributed by atoms with E-state index in [1.54, 1.807) is 12.4 Å². The lowest BCUT2D eigenvalue weighted by atomic mass is 9.98. The van der Waals surface area contributed by atoms with Crippen LogP contribution < -0.4 is 10.2 Å². The van der Waals surface area contributed by atoms with E-state index in [0.717, 1.165) is 51.5 Å². The van der Waals surface area contributed by atoms with Crippen molar-refractivity contribution in [3.8, 4) is 22.5 Å². The molecule has 1 unspecified atom stereocenters. The van der Waals surface area contributed by atoms with Crippen molar-refractivity contribution in [3.63, 3.8) is 0 Å². The SMILES string of the molecule is CC(=O)Nc1ccccc1-c1cc(N2CCOCC2C)nc2c(-c3ccn[nH]3)nccc12. The number of fused-ring (bicyclic) bond motifs is 1. The van der Waals surface area contributed by atoms with Crippen molar-refractivity contribution in [2.75, 3.05) is 30.0 Å².